The van der Waals surface area contributed by atoms with Gasteiger partial charge < -0.3 is 15.0 Å². The summed E-state index contributed by atoms with van der Waals surface area (Å²) >= 11 is 0. The smallest absolute Gasteiger partial charge is 0.406 e. The van der Waals surface area contributed by atoms with Crippen LogP contribution in [0.15, 0.2) is 42.6 Å². The minimum absolute atomic E-state index is 0.0328. The van der Waals surface area contributed by atoms with Gasteiger partial charge in [0, 0.05) is 38.3 Å². The average molecular weight is 528 g/mol. The summed E-state index contributed by atoms with van der Waals surface area (Å²) < 4.78 is 42.2. The molecule has 1 amide bonds. The highest BCUT2D eigenvalue weighted by molar-refractivity contribution is 6.32. The number of piperazine rings is 1. The van der Waals surface area contributed by atoms with Crippen molar-refractivity contribution in [2.75, 3.05) is 32.7 Å². The number of amides is 1. The van der Waals surface area contributed by atoms with E-state index in [4.69, 9.17) is 7.85 Å². The maximum atomic E-state index is 13.5. The molecule has 2 saturated heterocycles. The predicted octanol–water partition coefficient (Wildman–Crippen LogP) is 3.81. The normalized spacial score (nSPS) is 20.8. The van der Waals surface area contributed by atoms with Gasteiger partial charge in [0.05, 0.1) is 11.7 Å². The first-order chi connectivity index (χ1) is 17.9. The average Bonchev–Trinajstić information content (AvgIpc) is 2.85. The molecule has 1 unspecified atom stereocenters. The van der Waals surface area contributed by atoms with E-state index in [1.54, 1.807) is 24.4 Å². The number of benzene rings is 1. The molecule has 0 aliphatic carbocycles. The van der Waals surface area contributed by atoms with E-state index in [1.807, 2.05) is 11.0 Å². The van der Waals surface area contributed by atoms with E-state index in [1.165, 1.54) is 12.1 Å². The second kappa shape index (κ2) is 11.7. The number of carbonyl (C=O) groups is 1. The number of hydrogen-bond acceptors (Lipinski definition) is 5. The number of hydrogen-bond donors (Lipinski definition) is 1. The topological polar surface area (TPSA) is 57.7 Å². The molecule has 38 heavy (non-hydrogen) atoms. The third kappa shape index (κ3) is 7.29. The summed E-state index contributed by atoms with van der Waals surface area (Å²) in [7, 11) is 5.88. The summed E-state index contributed by atoms with van der Waals surface area (Å²) in [5.74, 6) is 0.338. The zero-order valence-electron chi connectivity index (χ0n) is 22.3. The summed E-state index contributed by atoms with van der Waals surface area (Å²) in [5.41, 5.74) is 1.89. The van der Waals surface area contributed by atoms with E-state index in [0.29, 0.717) is 37.4 Å². The Morgan fingerprint density at radius 3 is 2.37 bits per heavy atom. The van der Waals surface area contributed by atoms with Crippen LogP contribution >= 0.6 is 0 Å². The van der Waals surface area contributed by atoms with Crippen LogP contribution in [0.5, 0.6) is 5.75 Å². The zero-order chi connectivity index (χ0) is 27.5. The van der Waals surface area contributed by atoms with E-state index in [0.717, 1.165) is 37.2 Å². The van der Waals surface area contributed by atoms with Gasteiger partial charge in [0.15, 0.2) is 0 Å². The highest BCUT2D eigenvalue weighted by atomic mass is 19.4. The van der Waals surface area contributed by atoms with Crippen molar-refractivity contribution in [1.29, 1.82) is 0 Å². The Balaban J connectivity index is 1.59. The highest BCUT2D eigenvalue weighted by Gasteiger charge is 2.41. The lowest BCUT2D eigenvalue weighted by Crippen LogP contribution is -2.60. The number of halogens is 3. The van der Waals surface area contributed by atoms with Gasteiger partial charge in [-0.05, 0) is 61.0 Å². The quantitative estimate of drug-likeness (QED) is 0.579. The first-order valence-corrected chi connectivity index (χ1v) is 13.2. The van der Waals surface area contributed by atoms with Gasteiger partial charge in [0.1, 0.15) is 13.6 Å². The molecule has 204 valence electrons. The van der Waals surface area contributed by atoms with Gasteiger partial charge in [-0.1, -0.05) is 44.4 Å². The predicted molar refractivity (Wildman–Crippen MR) is 141 cm³/mol. The van der Waals surface area contributed by atoms with Crippen LogP contribution in [0, 0.1) is 11.3 Å². The number of nitrogens with one attached hydrogen (secondary N) is 1. The largest absolute Gasteiger partial charge is 0.573 e. The first kappa shape index (κ1) is 28.4. The molecule has 2 fully saturated rings. The Bertz CT molecular complexity index is 1070. The molecule has 6 nitrogen and oxygen atoms in total. The minimum Gasteiger partial charge on any atom is -0.406 e. The van der Waals surface area contributed by atoms with Gasteiger partial charge in [-0.25, -0.2) is 0 Å². The Morgan fingerprint density at radius 1 is 1.11 bits per heavy atom. The van der Waals surface area contributed by atoms with E-state index in [9.17, 15) is 18.0 Å². The molecule has 1 aromatic carbocycles. The molecule has 10 heteroatoms. The first-order valence-electron chi connectivity index (χ1n) is 13.2. The number of nitrogens with zero attached hydrogens (tertiary/aromatic N) is 3. The molecule has 2 atom stereocenters. The number of carbonyl (C=O) groups excluding carboxylic acids is 1. The lowest BCUT2D eigenvalue weighted by atomic mass is 9.82. The van der Waals surface area contributed by atoms with Crippen molar-refractivity contribution in [2.24, 2.45) is 11.3 Å². The van der Waals surface area contributed by atoms with E-state index in [2.05, 4.69) is 40.7 Å². The van der Waals surface area contributed by atoms with Crippen LogP contribution < -0.4 is 15.5 Å². The lowest BCUT2D eigenvalue weighted by Gasteiger charge is -2.49. The molecule has 2 aromatic rings. The number of aromatic nitrogens is 1. The second-order valence-corrected chi connectivity index (χ2v) is 11.4. The van der Waals surface area contributed by atoms with Crippen LogP contribution in [0.3, 0.4) is 0 Å². The molecule has 4 rings (SSSR count). The maximum absolute atomic E-state index is 13.5. The fraction of sp³-hybridized carbons (Fsp3) is 0.571. The second-order valence-electron chi connectivity index (χ2n) is 11.4. The molecule has 0 bridgehead atoms. The number of alkyl halides is 3. The molecule has 2 aliphatic heterocycles. The van der Waals surface area contributed by atoms with Crippen molar-refractivity contribution in [2.45, 2.75) is 58.5 Å². The van der Waals surface area contributed by atoms with E-state index < -0.39 is 6.36 Å². The molecular weight excluding hydrogens is 492 g/mol. The van der Waals surface area contributed by atoms with E-state index >= 15 is 0 Å². The standard InChI is InChI=1S/C28H36BF3N4O2/c1-27(2,3)24-18-35(14-15-36(24)25(37)16-19-10-12-33-13-11-19)26(23-9-6-21(29)17-34-23)20-4-7-22(8-5-20)38-28(30,31)32/h4-9,17,19,24,26,33H,10-16,18H2,1-3H3/t24-,26?/m1/s1. The van der Waals surface area contributed by atoms with Crippen LogP contribution in [0.25, 0.3) is 0 Å². The van der Waals surface area contributed by atoms with Crippen LogP contribution in [0.1, 0.15) is 57.3 Å². The molecule has 0 saturated carbocycles. The summed E-state index contributed by atoms with van der Waals surface area (Å²) in [6.45, 7) is 10.1. The molecular formula is C28H36BF3N4O2. The Hall–Kier alpha value is -2.59. The van der Waals surface area contributed by atoms with E-state index in [-0.39, 0.29) is 29.2 Å². The van der Waals surface area contributed by atoms with Gasteiger partial charge in [0.25, 0.3) is 0 Å². The molecule has 1 aromatic heterocycles. The fourth-order valence-corrected chi connectivity index (χ4v) is 5.53. The summed E-state index contributed by atoms with van der Waals surface area (Å²) in [4.78, 5) is 22.4. The minimum atomic E-state index is -4.75. The Morgan fingerprint density at radius 2 is 1.79 bits per heavy atom. The lowest BCUT2D eigenvalue weighted by molar-refractivity contribution is -0.274. The van der Waals surface area contributed by atoms with Crippen molar-refractivity contribution < 1.29 is 22.7 Å². The molecule has 0 spiro atoms. The Kier molecular flexibility index (Phi) is 8.72. The van der Waals surface area contributed by atoms with Gasteiger partial charge in [-0.3, -0.25) is 14.7 Å². The van der Waals surface area contributed by atoms with Gasteiger partial charge >= 0.3 is 6.36 Å². The maximum Gasteiger partial charge on any atom is 0.573 e. The molecule has 2 aliphatic rings. The number of rotatable bonds is 6. The summed E-state index contributed by atoms with van der Waals surface area (Å²) in [6, 6.07) is 9.21. The molecule has 2 radical (unpaired) electrons. The van der Waals surface area contributed by atoms with Crippen molar-refractivity contribution in [1.82, 2.24) is 20.1 Å². The highest BCUT2D eigenvalue weighted by Crippen LogP contribution is 2.36. The van der Waals surface area contributed by atoms with Crippen LogP contribution in [-0.4, -0.2) is 73.7 Å². The van der Waals surface area contributed by atoms with Crippen molar-refractivity contribution in [3.8, 4) is 5.75 Å². The summed E-state index contributed by atoms with van der Waals surface area (Å²) in [6.07, 6.45) is -0.562. The van der Waals surface area contributed by atoms with Gasteiger partial charge in [0.2, 0.25) is 5.91 Å². The summed E-state index contributed by atoms with van der Waals surface area (Å²) in [5, 5.41) is 3.36. The number of ether oxygens (including phenoxy) is 1. The zero-order valence-corrected chi connectivity index (χ0v) is 22.3. The van der Waals surface area contributed by atoms with Crippen LogP contribution in [0.4, 0.5) is 13.2 Å². The van der Waals surface area contributed by atoms with Crippen molar-refractivity contribution in [3.05, 3.63) is 53.9 Å². The number of piperidine rings is 1. The monoisotopic (exact) mass is 528 g/mol. The third-order valence-electron chi connectivity index (χ3n) is 7.54. The van der Waals surface area contributed by atoms with Gasteiger partial charge in [-0.2, -0.15) is 0 Å². The molecule has 1 N–H and O–H groups in total. The Labute approximate surface area is 224 Å². The van der Waals surface area contributed by atoms with Crippen molar-refractivity contribution in [3.63, 3.8) is 0 Å². The van der Waals surface area contributed by atoms with Crippen LogP contribution in [-0.2, 0) is 4.79 Å². The fourth-order valence-electron chi connectivity index (χ4n) is 5.53. The number of pyridine rings is 1. The van der Waals surface area contributed by atoms with Gasteiger partial charge in [-0.15, -0.1) is 13.2 Å². The third-order valence-corrected chi connectivity index (χ3v) is 7.54. The SMILES string of the molecule is [B]c1ccc(C(c2ccc(OC(F)(F)F)cc2)N2CCN(C(=O)CC3CCNCC3)[C@@H](C(C)(C)C)C2)nc1. The molecule has 3 heterocycles. The van der Waals surface area contributed by atoms with Crippen LogP contribution in [0.2, 0.25) is 0 Å². The van der Waals surface area contributed by atoms with Crippen molar-refractivity contribution >= 4 is 19.2 Å².